The van der Waals surface area contributed by atoms with Gasteiger partial charge >= 0.3 is 0 Å². The lowest BCUT2D eigenvalue weighted by Gasteiger charge is -2.17. The van der Waals surface area contributed by atoms with E-state index in [9.17, 15) is 0 Å². The highest BCUT2D eigenvalue weighted by molar-refractivity contribution is 6.21. The van der Waals surface area contributed by atoms with Crippen LogP contribution in [0, 0.1) is 0 Å². The average Bonchev–Trinajstić information content (AvgIpc) is 3.25. The molecule has 5 heterocycles. The van der Waals surface area contributed by atoms with Crippen molar-refractivity contribution in [2.24, 2.45) is 0 Å². The van der Waals surface area contributed by atoms with Gasteiger partial charge in [0.15, 0.2) is 0 Å². The number of nitrogens with zero attached hydrogens (tertiary/aromatic N) is 5. The quantitative estimate of drug-likeness (QED) is 0.136. The highest BCUT2D eigenvalue weighted by atomic mass is 14.8. The zero-order chi connectivity index (χ0) is 35.6. The molecule has 0 spiro atoms. The van der Waals surface area contributed by atoms with Crippen LogP contribution in [0.3, 0.4) is 0 Å². The maximum absolute atomic E-state index is 5.31. The lowest BCUT2D eigenvalue weighted by atomic mass is 9.88. The summed E-state index contributed by atoms with van der Waals surface area (Å²) in [5, 5.41) is 8.91. The zero-order valence-corrected chi connectivity index (χ0v) is 29.0. The molecule has 5 nitrogen and oxygen atoms in total. The van der Waals surface area contributed by atoms with Crippen LogP contribution >= 0.6 is 0 Å². The van der Waals surface area contributed by atoms with E-state index in [4.69, 9.17) is 19.9 Å². The van der Waals surface area contributed by atoms with Crippen LogP contribution in [-0.2, 0) is 0 Å². The van der Waals surface area contributed by atoms with Crippen molar-refractivity contribution in [3.63, 3.8) is 0 Å². The first-order chi connectivity index (χ1) is 26.7. The second-order valence-corrected chi connectivity index (χ2v) is 13.7. The van der Waals surface area contributed by atoms with Crippen molar-refractivity contribution in [3.05, 3.63) is 176 Å². The third kappa shape index (κ3) is 4.90. The molecule has 0 aliphatic heterocycles. The molecule has 0 N–H and O–H groups in total. The summed E-state index contributed by atoms with van der Waals surface area (Å²) in [5.74, 6) is 0. The molecule has 0 amide bonds. The largest absolute Gasteiger partial charge is 0.264 e. The number of pyridine rings is 5. The van der Waals surface area contributed by atoms with Crippen LogP contribution in [0.5, 0.6) is 0 Å². The van der Waals surface area contributed by atoms with Crippen LogP contribution < -0.4 is 0 Å². The molecule has 0 unspecified atom stereocenters. The molecule has 0 saturated heterocycles. The lowest BCUT2D eigenvalue weighted by molar-refractivity contribution is 1.30. The third-order valence-electron chi connectivity index (χ3n) is 10.5. The minimum absolute atomic E-state index is 0.911. The number of hydrogen-bond acceptors (Lipinski definition) is 5. The Morgan fingerprint density at radius 1 is 0.333 bits per heavy atom. The van der Waals surface area contributed by atoms with Crippen molar-refractivity contribution in [1.82, 2.24) is 24.9 Å². The topological polar surface area (TPSA) is 64.5 Å². The van der Waals surface area contributed by atoms with Gasteiger partial charge in [-0.1, -0.05) is 97.1 Å². The normalized spacial score (nSPS) is 11.7. The van der Waals surface area contributed by atoms with Crippen molar-refractivity contribution >= 4 is 65.2 Å². The molecule has 5 heteroatoms. The second-order valence-electron chi connectivity index (χ2n) is 13.7. The predicted octanol–water partition coefficient (Wildman–Crippen LogP) is 12.2. The minimum Gasteiger partial charge on any atom is -0.264 e. The van der Waals surface area contributed by atoms with E-state index in [0.717, 1.165) is 110 Å². The molecular formula is C49H29N5. The van der Waals surface area contributed by atoms with Gasteiger partial charge in [-0.05, 0) is 93.3 Å². The summed E-state index contributed by atoms with van der Waals surface area (Å²) in [5.41, 5.74) is 12.1. The molecule has 0 aliphatic carbocycles. The molecular weight excluding hydrogens is 659 g/mol. The van der Waals surface area contributed by atoms with Gasteiger partial charge < -0.3 is 0 Å². The van der Waals surface area contributed by atoms with E-state index in [2.05, 4.69) is 145 Å². The van der Waals surface area contributed by atoms with E-state index in [1.807, 2.05) is 30.6 Å². The van der Waals surface area contributed by atoms with E-state index >= 15 is 0 Å². The Morgan fingerprint density at radius 2 is 0.852 bits per heavy atom. The first-order valence-electron chi connectivity index (χ1n) is 18.1. The van der Waals surface area contributed by atoms with Gasteiger partial charge in [0.05, 0.1) is 39.1 Å². The first kappa shape index (κ1) is 30.3. The van der Waals surface area contributed by atoms with Gasteiger partial charge in [0, 0.05) is 56.8 Å². The number of aromatic nitrogens is 5. The number of hydrogen-bond donors (Lipinski definition) is 0. The van der Waals surface area contributed by atoms with E-state index in [0.29, 0.717) is 0 Å². The number of rotatable bonds is 4. The minimum atomic E-state index is 0.911. The van der Waals surface area contributed by atoms with Crippen molar-refractivity contribution in [1.29, 1.82) is 0 Å². The Hall–Kier alpha value is -7.37. The van der Waals surface area contributed by atoms with Gasteiger partial charge in [-0.3, -0.25) is 9.97 Å². The Kier molecular flexibility index (Phi) is 6.79. The predicted molar refractivity (Wildman–Crippen MR) is 222 cm³/mol. The summed E-state index contributed by atoms with van der Waals surface area (Å²) in [6.07, 6.45) is 5.47. The summed E-state index contributed by atoms with van der Waals surface area (Å²) in [6.45, 7) is 0. The van der Waals surface area contributed by atoms with Gasteiger partial charge in [-0.25, -0.2) is 15.0 Å². The summed E-state index contributed by atoms with van der Waals surface area (Å²) in [6, 6.07) is 55.4. The number of benzene rings is 6. The van der Waals surface area contributed by atoms with Crippen LogP contribution in [0.2, 0.25) is 0 Å². The lowest BCUT2D eigenvalue weighted by Crippen LogP contribution is -1.95. The Labute approximate surface area is 310 Å². The fraction of sp³-hybridized carbons (Fsp3) is 0. The standard InChI is InChI=1S/C49H29N5/c1-3-11-39-37(9-1)46(38-10-2-4-12-40(38)47(39)45-23-15-31-14-13-30-7-6-26-51-48(30)49(31)54-45)44-24-19-35-28-33(17-21-42(35)53-44)32-16-20-41-34(27-32)18-22-43(52-41)36-8-5-25-50-29-36/h1-29H. The molecule has 0 saturated carbocycles. The monoisotopic (exact) mass is 687 g/mol. The third-order valence-corrected chi connectivity index (χ3v) is 10.5. The molecule has 250 valence electrons. The summed E-state index contributed by atoms with van der Waals surface area (Å²) in [4.78, 5) is 24.5. The smallest absolute Gasteiger partial charge is 0.0972 e. The van der Waals surface area contributed by atoms with E-state index in [1.165, 1.54) is 0 Å². The van der Waals surface area contributed by atoms with Crippen LogP contribution in [-0.4, -0.2) is 24.9 Å². The highest BCUT2D eigenvalue weighted by Crippen LogP contribution is 2.43. The van der Waals surface area contributed by atoms with Gasteiger partial charge in [0.25, 0.3) is 0 Å². The second kappa shape index (κ2) is 12.1. The maximum Gasteiger partial charge on any atom is 0.0972 e. The molecule has 11 rings (SSSR count). The van der Waals surface area contributed by atoms with Crippen molar-refractivity contribution < 1.29 is 0 Å². The van der Waals surface area contributed by atoms with Crippen molar-refractivity contribution in [2.75, 3.05) is 0 Å². The fourth-order valence-electron chi connectivity index (χ4n) is 7.97. The molecule has 0 radical (unpaired) electrons. The van der Waals surface area contributed by atoms with E-state index < -0.39 is 0 Å². The van der Waals surface area contributed by atoms with E-state index in [-0.39, 0.29) is 0 Å². The summed E-state index contributed by atoms with van der Waals surface area (Å²) < 4.78 is 0. The van der Waals surface area contributed by atoms with Gasteiger partial charge in [0.1, 0.15) is 0 Å². The average molecular weight is 688 g/mol. The Morgan fingerprint density at radius 3 is 1.46 bits per heavy atom. The van der Waals surface area contributed by atoms with Crippen molar-refractivity contribution in [2.45, 2.75) is 0 Å². The first-order valence-corrected chi connectivity index (χ1v) is 18.1. The Bertz CT molecular complexity index is 3230. The highest BCUT2D eigenvalue weighted by Gasteiger charge is 2.19. The molecule has 54 heavy (non-hydrogen) atoms. The Balaban J connectivity index is 1.03. The number of fused-ring (bicyclic) bond motifs is 7. The van der Waals surface area contributed by atoms with Gasteiger partial charge in [-0.2, -0.15) is 0 Å². The van der Waals surface area contributed by atoms with Crippen LogP contribution in [0.1, 0.15) is 0 Å². The summed E-state index contributed by atoms with van der Waals surface area (Å²) >= 11 is 0. The maximum atomic E-state index is 5.31. The van der Waals surface area contributed by atoms with Gasteiger partial charge in [0.2, 0.25) is 0 Å². The van der Waals surface area contributed by atoms with Crippen LogP contribution in [0.4, 0.5) is 0 Å². The SMILES string of the molecule is c1cncc(-c2ccc3cc(-c4ccc5nc(-c6c7ccccc7c(-c7ccc8ccc9cccnc9c8n7)c7ccccc67)ccc5c4)ccc3n2)c1. The fourth-order valence-corrected chi connectivity index (χ4v) is 7.97. The molecule has 0 fully saturated rings. The van der Waals surface area contributed by atoms with E-state index in [1.54, 1.807) is 6.20 Å². The molecule has 0 atom stereocenters. The molecule has 6 aromatic carbocycles. The van der Waals surface area contributed by atoms with Gasteiger partial charge in [-0.15, -0.1) is 0 Å². The van der Waals surface area contributed by atoms with Crippen molar-refractivity contribution in [3.8, 4) is 44.9 Å². The molecule has 5 aromatic heterocycles. The molecule has 0 bridgehead atoms. The molecule has 11 aromatic rings. The van der Waals surface area contributed by atoms with Crippen LogP contribution in [0.15, 0.2) is 176 Å². The summed E-state index contributed by atoms with van der Waals surface area (Å²) in [7, 11) is 0. The zero-order valence-electron chi connectivity index (χ0n) is 29.0. The van der Waals surface area contributed by atoms with Crippen LogP contribution in [0.25, 0.3) is 110 Å². The molecule has 0 aliphatic rings.